The summed E-state index contributed by atoms with van der Waals surface area (Å²) in [7, 11) is 2.41. The van der Waals surface area contributed by atoms with Gasteiger partial charge in [0.2, 0.25) is 18.2 Å². The molecule has 6 atom stereocenters. The molecule has 0 spiro atoms. The number of ketones is 1. The van der Waals surface area contributed by atoms with E-state index in [0.29, 0.717) is 11.1 Å². The van der Waals surface area contributed by atoms with Crippen LogP contribution in [0.25, 0.3) is 21.9 Å². The average Bonchev–Trinajstić information content (AvgIpc) is 3.82. The number of carbonyl (C=O) groups is 5. The first kappa shape index (κ1) is 40.8. The van der Waals surface area contributed by atoms with E-state index >= 15 is 0 Å². The molecule has 0 aliphatic carbocycles. The van der Waals surface area contributed by atoms with E-state index in [2.05, 4.69) is 10.2 Å². The quantitative estimate of drug-likeness (QED) is 0.0883. The predicted octanol–water partition coefficient (Wildman–Crippen LogP) is 5.47. The molecule has 2 aromatic heterocycles. The number of rotatable bonds is 14. The lowest BCUT2D eigenvalue weighted by atomic mass is 9.97. The number of Topliss-reactive ketones (excluding diaryl/α,β-unsaturated/α-hetero) is 1. The van der Waals surface area contributed by atoms with E-state index in [1.807, 2.05) is 19.1 Å². The summed E-state index contributed by atoms with van der Waals surface area (Å²) in [6.45, 7) is 7.08. The minimum Gasteiger partial charge on any atom is -0.495 e. The number of methoxy groups -OCH3 is 2. The smallest absolute Gasteiger partial charge is 0.339 e. The van der Waals surface area contributed by atoms with Gasteiger partial charge in [-0.15, -0.1) is 10.2 Å². The minimum absolute atomic E-state index is 0.0131. The first-order valence-corrected chi connectivity index (χ1v) is 17.9. The zero-order valence-electron chi connectivity index (χ0n) is 30.7. The van der Waals surface area contributed by atoms with Gasteiger partial charge in [0.15, 0.2) is 24.1 Å². The Hall–Kier alpha value is -5.36. The van der Waals surface area contributed by atoms with Gasteiger partial charge in [-0.1, -0.05) is 47.2 Å². The van der Waals surface area contributed by atoms with Gasteiger partial charge in [0.25, 0.3) is 0 Å². The lowest BCUT2D eigenvalue weighted by Crippen LogP contribution is -2.64. The summed E-state index contributed by atoms with van der Waals surface area (Å²) in [4.78, 5) is 63.3. The Bertz CT molecular complexity index is 2050. The Balaban J connectivity index is 1.48. The Kier molecular flexibility index (Phi) is 13.2. The number of hydrogen-bond acceptors (Lipinski definition) is 17. The van der Waals surface area contributed by atoms with E-state index in [4.69, 9.17) is 53.9 Å². The van der Waals surface area contributed by atoms with E-state index < -0.39 is 66.5 Å². The molecule has 0 amide bonds. The summed E-state index contributed by atoms with van der Waals surface area (Å²) in [5, 5.41) is 9.72. The van der Waals surface area contributed by atoms with Crippen LogP contribution in [0, 0.1) is 6.92 Å². The van der Waals surface area contributed by atoms with Crippen molar-refractivity contribution >= 4 is 52.6 Å². The van der Waals surface area contributed by atoms with Gasteiger partial charge >= 0.3 is 23.9 Å². The number of aromatic nitrogens is 2. The van der Waals surface area contributed by atoms with Crippen molar-refractivity contribution in [1.82, 2.24) is 10.2 Å². The topological polar surface area (TPSA) is 198 Å². The van der Waals surface area contributed by atoms with Crippen molar-refractivity contribution in [2.75, 3.05) is 20.8 Å². The normalized spacial score (nSPS) is 19.8. The second-order valence-electron chi connectivity index (χ2n) is 11.9. The SMILES string of the molecule is CCOC(C(=O)c1ccc(-c2cc(OC)c(Cl)c(O[C@H]3O[C@H](C(=O)OC)[C@@H](OC(C)=O)[C@H](OC(C)=O)[C@H]3OC(C)=O)c2)o1)c1ccc(-c2nnc(C)s2)cc1. The lowest BCUT2D eigenvalue weighted by molar-refractivity contribution is -0.282. The van der Waals surface area contributed by atoms with E-state index in [1.165, 1.54) is 36.6 Å². The van der Waals surface area contributed by atoms with Crippen LogP contribution < -0.4 is 9.47 Å². The van der Waals surface area contributed by atoms with Crippen molar-refractivity contribution in [2.24, 2.45) is 0 Å². The highest BCUT2D eigenvalue weighted by Gasteiger charge is 2.56. The number of nitrogens with zero attached hydrogens (tertiary/aromatic N) is 2. The van der Waals surface area contributed by atoms with Gasteiger partial charge in [-0.3, -0.25) is 19.2 Å². The number of carbonyl (C=O) groups excluding carboxylic acids is 5. The number of hydrogen-bond donors (Lipinski definition) is 0. The fourth-order valence-corrected chi connectivity index (χ4v) is 6.63. The molecule has 5 rings (SSSR count). The molecule has 0 saturated carbocycles. The Morgan fingerprint density at radius 2 is 1.47 bits per heavy atom. The second-order valence-corrected chi connectivity index (χ2v) is 13.5. The number of aryl methyl sites for hydroxylation is 1. The standard InChI is InChI=1S/C37H37ClN2O14S/c1-8-48-30(21-9-11-22(12-10-21)35-40-39-17(2)55-35)29(44)25-14-13-24(52-25)23-15-26(46-6)28(38)27(16-23)53-37-34(51-20(5)43)32(50-19(4)42)31(49-18(3)41)33(54-37)36(45)47-7/h9-16,30-34,37H,8H2,1-7H3/t30?,31-,32-,33-,34+,37-/m0/s1. The summed E-state index contributed by atoms with van der Waals surface area (Å²) in [6.07, 6.45) is -9.20. The maximum atomic E-state index is 13.8. The molecule has 1 unspecified atom stereocenters. The summed E-state index contributed by atoms with van der Waals surface area (Å²) < 4.78 is 50.4. The largest absolute Gasteiger partial charge is 0.495 e. The van der Waals surface area contributed by atoms with Crippen LogP contribution in [0.5, 0.6) is 11.5 Å². The van der Waals surface area contributed by atoms with Crippen LogP contribution in [0.15, 0.2) is 52.9 Å². The Morgan fingerprint density at radius 1 is 0.836 bits per heavy atom. The maximum Gasteiger partial charge on any atom is 0.339 e. The zero-order chi connectivity index (χ0) is 40.0. The van der Waals surface area contributed by atoms with Crippen molar-refractivity contribution < 1.29 is 66.3 Å². The number of halogens is 1. The molecule has 16 nitrogen and oxygen atoms in total. The van der Waals surface area contributed by atoms with Gasteiger partial charge in [0, 0.05) is 38.5 Å². The molecule has 55 heavy (non-hydrogen) atoms. The average molecular weight is 801 g/mol. The van der Waals surface area contributed by atoms with Crippen molar-refractivity contribution in [3.05, 3.63) is 69.9 Å². The number of esters is 4. The Morgan fingerprint density at radius 3 is 2.05 bits per heavy atom. The molecule has 1 fully saturated rings. The van der Waals surface area contributed by atoms with Crippen LogP contribution in [0.1, 0.15) is 54.9 Å². The number of ether oxygens (including phenoxy) is 8. The molecule has 292 valence electrons. The van der Waals surface area contributed by atoms with Gasteiger partial charge < -0.3 is 42.3 Å². The highest BCUT2D eigenvalue weighted by molar-refractivity contribution is 7.14. The van der Waals surface area contributed by atoms with E-state index in [-0.39, 0.29) is 34.6 Å². The van der Waals surface area contributed by atoms with Crippen LogP contribution in [0.3, 0.4) is 0 Å². The third-order valence-electron chi connectivity index (χ3n) is 7.99. The van der Waals surface area contributed by atoms with Crippen molar-refractivity contribution in [3.8, 4) is 33.4 Å². The Labute approximate surface area is 323 Å². The molecule has 18 heteroatoms. The molecule has 1 aliphatic heterocycles. The molecule has 3 heterocycles. The summed E-state index contributed by atoms with van der Waals surface area (Å²) in [6, 6.07) is 13.2. The van der Waals surface area contributed by atoms with E-state index in [9.17, 15) is 24.0 Å². The van der Waals surface area contributed by atoms with Gasteiger partial charge in [-0.25, -0.2) is 4.79 Å². The highest BCUT2D eigenvalue weighted by Crippen LogP contribution is 2.42. The highest BCUT2D eigenvalue weighted by atomic mass is 35.5. The van der Waals surface area contributed by atoms with Crippen LogP contribution in [0.4, 0.5) is 0 Å². The predicted molar refractivity (Wildman–Crippen MR) is 192 cm³/mol. The van der Waals surface area contributed by atoms with Crippen LogP contribution in [-0.2, 0) is 47.6 Å². The number of benzene rings is 2. The molecule has 2 aromatic carbocycles. The third kappa shape index (κ3) is 9.48. The molecule has 0 radical (unpaired) electrons. The van der Waals surface area contributed by atoms with E-state index in [1.54, 1.807) is 25.1 Å². The van der Waals surface area contributed by atoms with Crippen LogP contribution in [-0.4, -0.2) is 91.4 Å². The maximum absolute atomic E-state index is 13.8. The first-order valence-electron chi connectivity index (χ1n) is 16.7. The van der Waals surface area contributed by atoms with Crippen molar-refractivity contribution in [1.29, 1.82) is 0 Å². The summed E-state index contributed by atoms with van der Waals surface area (Å²) in [5.74, 6) is -3.89. The zero-order valence-corrected chi connectivity index (χ0v) is 32.3. The number of furan rings is 1. The van der Waals surface area contributed by atoms with Crippen LogP contribution >= 0.6 is 22.9 Å². The molecule has 4 aromatic rings. The molecule has 0 N–H and O–H groups in total. The second kappa shape index (κ2) is 17.9. The first-order chi connectivity index (χ1) is 26.2. The molecule has 1 saturated heterocycles. The van der Waals surface area contributed by atoms with Gasteiger partial charge in [-0.05, 0) is 43.7 Å². The lowest BCUT2D eigenvalue weighted by Gasteiger charge is -2.43. The van der Waals surface area contributed by atoms with Crippen molar-refractivity contribution in [2.45, 2.75) is 71.4 Å². The molecular weight excluding hydrogens is 764 g/mol. The van der Waals surface area contributed by atoms with Gasteiger partial charge in [0.05, 0.1) is 14.2 Å². The van der Waals surface area contributed by atoms with Crippen molar-refractivity contribution in [3.63, 3.8) is 0 Å². The van der Waals surface area contributed by atoms with E-state index in [0.717, 1.165) is 43.5 Å². The fourth-order valence-electron chi connectivity index (χ4n) is 5.71. The third-order valence-corrected chi connectivity index (χ3v) is 9.26. The summed E-state index contributed by atoms with van der Waals surface area (Å²) >= 11 is 8.12. The van der Waals surface area contributed by atoms with Crippen LogP contribution in [0.2, 0.25) is 5.02 Å². The van der Waals surface area contributed by atoms with Gasteiger partial charge in [-0.2, -0.15) is 0 Å². The summed E-state index contributed by atoms with van der Waals surface area (Å²) in [5.41, 5.74) is 1.76. The fraction of sp³-hybridized carbons (Fsp3) is 0.378. The molecule has 1 aliphatic rings. The minimum atomic E-state index is -1.71. The monoisotopic (exact) mass is 800 g/mol. The van der Waals surface area contributed by atoms with Gasteiger partial charge in [0.1, 0.15) is 38.4 Å². The molecule has 0 bridgehead atoms. The molecular formula is C37H37ClN2O14S.